The van der Waals surface area contributed by atoms with Crippen molar-refractivity contribution >= 4 is 20.0 Å². The molecule has 3 aromatic rings. The Morgan fingerprint density at radius 1 is 1.07 bits per heavy atom. The maximum absolute atomic E-state index is 12.4. The van der Waals surface area contributed by atoms with Gasteiger partial charge in [0.15, 0.2) is 5.82 Å². The van der Waals surface area contributed by atoms with Crippen LogP contribution >= 0.6 is 0 Å². The van der Waals surface area contributed by atoms with Gasteiger partial charge in [-0.3, -0.25) is 0 Å². The number of pyridine rings is 1. The Morgan fingerprint density at radius 2 is 1.78 bits per heavy atom. The van der Waals surface area contributed by atoms with Crippen LogP contribution < -0.4 is 9.86 Å². The van der Waals surface area contributed by atoms with Crippen LogP contribution in [0.5, 0.6) is 0 Å². The highest BCUT2D eigenvalue weighted by Gasteiger charge is 2.17. The van der Waals surface area contributed by atoms with E-state index in [1.54, 1.807) is 12.3 Å². The van der Waals surface area contributed by atoms with Crippen molar-refractivity contribution in [2.24, 2.45) is 5.14 Å². The summed E-state index contributed by atoms with van der Waals surface area (Å²) in [5.41, 5.74) is 1.56. The molecule has 0 bridgehead atoms. The second-order valence-electron chi connectivity index (χ2n) is 5.83. The van der Waals surface area contributed by atoms with Gasteiger partial charge in [-0.25, -0.2) is 36.4 Å². The molecule has 2 aromatic heterocycles. The number of sulfonamides is 2. The Morgan fingerprint density at radius 3 is 2.41 bits per heavy atom. The van der Waals surface area contributed by atoms with E-state index in [0.717, 1.165) is 5.56 Å². The zero-order chi connectivity index (χ0) is 19.7. The van der Waals surface area contributed by atoms with E-state index in [1.807, 2.05) is 13.0 Å². The Bertz CT molecular complexity index is 1170. The summed E-state index contributed by atoms with van der Waals surface area (Å²) in [6.45, 7) is 1.89. The van der Waals surface area contributed by atoms with E-state index in [4.69, 9.17) is 5.14 Å². The third kappa shape index (κ3) is 4.57. The lowest BCUT2D eigenvalue weighted by Gasteiger charge is -2.06. The standard InChI is InChI=1S/C16H17N5O4S2/c1-12-6-7-18-16(8-12)21-11-15(10-19-21)27(24,25)20-9-13-2-4-14(5-3-13)26(17,22)23/h2-8,10-11,20H,9H2,1H3,(H2,17,22,23). The summed E-state index contributed by atoms with van der Waals surface area (Å²) >= 11 is 0. The summed E-state index contributed by atoms with van der Waals surface area (Å²) in [6.07, 6.45) is 4.22. The lowest BCUT2D eigenvalue weighted by Crippen LogP contribution is -2.23. The van der Waals surface area contributed by atoms with Gasteiger partial charge in [0.05, 0.1) is 17.3 Å². The summed E-state index contributed by atoms with van der Waals surface area (Å²) in [6, 6.07) is 9.22. The van der Waals surface area contributed by atoms with E-state index in [2.05, 4.69) is 14.8 Å². The molecule has 3 N–H and O–H groups in total. The molecule has 142 valence electrons. The van der Waals surface area contributed by atoms with Crippen LogP contribution in [-0.2, 0) is 26.6 Å². The Hall–Kier alpha value is -2.60. The largest absolute Gasteiger partial charge is 0.244 e. The summed E-state index contributed by atoms with van der Waals surface area (Å²) < 4.78 is 51.2. The van der Waals surface area contributed by atoms with E-state index in [0.29, 0.717) is 11.4 Å². The molecule has 3 rings (SSSR count). The fraction of sp³-hybridized carbons (Fsp3) is 0.125. The number of rotatable bonds is 6. The first-order valence-corrected chi connectivity index (χ1v) is 10.8. The third-order valence-electron chi connectivity index (χ3n) is 3.72. The fourth-order valence-corrected chi connectivity index (χ4v) is 3.74. The lowest BCUT2D eigenvalue weighted by molar-refractivity contribution is 0.581. The van der Waals surface area contributed by atoms with Gasteiger partial charge in [-0.05, 0) is 42.3 Å². The van der Waals surface area contributed by atoms with Crippen molar-refractivity contribution in [2.45, 2.75) is 23.3 Å². The predicted octanol–water partition coefficient (Wildman–Crippen LogP) is 0.702. The van der Waals surface area contributed by atoms with Gasteiger partial charge in [0.25, 0.3) is 0 Å². The zero-order valence-corrected chi connectivity index (χ0v) is 15.9. The maximum Gasteiger partial charge on any atom is 0.244 e. The van der Waals surface area contributed by atoms with Gasteiger partial charge in [0, 0.05) is 12.7 Å². The average Bonchev–Trinajstić information content (AvgIpc) is 3.11. The average molecular weight is 407 g/mol. The molecule has 0 unspecified atom stereocenters. The van der Waals surface area contributed by atoms with E-state index >= 15 is 0 Å². The van der Waals surface area contributed by atoms with Crippen molar-refractivity contribution in [3.8, 4) is 5.82 Å². The second kappa shape index (κ2) is 7.19. The summed E-state index contributed by atoms with van der Waals surface area (Å²) in [5, 5.41) is 9.07. The van der Waals surface area contributed by atoms with E-state index < -0.39 is 20.0 Å². The first kappa shape index (κ1) is 19.2. The molecule has 9 nitrogen and oxygen atoms in total. The van der Waals surface area contributed by atoms with Crippen molar-refractivity contribution in [1.29, 1.82) is 0 Å². The number of aryl methyl sites for hydroxylation is 1. The topological polar surface area (TPSA) is 137 Å². The molecule has 27 heavy (non-hydrogen) atoms. The molecule has 0 fully saturated rings. The number of aromatic nitrogens is 3. The Balaban J connectivity index is 1.74. The number of primary sulfonamides is 1. The summed E-state index contributed by atoms with van der Waals surface area (Å²) in [4.78, 5) is 4.10. The van der Waals surface area contributed by atoms with E-state index in [-0.39, 0.29) is 16.3 Å². The number of nitrogens with two attached hydrogens (primary N) is 1. The zero-order valence-electron chi connectivity index (χ0n) is 14.3. The first-order chi connectivity index (χ1) is 12.6. The van der Waals surface area contributed by atoms with Crippen LogP contribution in [0.1, 0.15) is 11.1 Å². The van der Waals surface area contributed by atoms with Gasteiger partial charge in [-0.15, -0.1) is 0 Å². The molecule has 0 radical (unpaired) electrons. The number of hydrogen-bond donors (Lipinski definition) is 2. The molecule has 0 aliphatic rings. The Labute approximate surface area is 157 Å². The van der Waals surface area contributed by atoms with Crippen LogP contribution in [0.2, 0.25) is 0 Å². The molecule has 1 aromatic carbocycles. The molecular weight excluding hydrogens is 390 g/mol. The maximum atomic E-state index is 12.4. The number of hydrogen-bond acceptors (Lipinski definition) is 6. The highest BCUT2D eigenvalue weighted by atomic mass is 32.2. The van der Waals surface area contributed by atoms with Crippen LogP contribution in [0.25, 0.3) is 5.82 Å². The number of nitrogens with one attached hydrogen (secondary N) is 1. The first-order valence-electron chi connectivity index (χ1n) is 7.74. The monoisotopic (exact) mass is 407 g/mol. The SMILES string of the molecule is Cc1ccnc(-n2cc(S(=O)(=O)NCc3ccc(S(N)(=O)=O)cc3)cn2)c1. The van der Waals surface area contributed by atoms with Gasteiger partial charge < -0.3 is 0 Å². The van der Waals surface area contributed by atoms with Gasteiger partial charge in [0.1, 0.15) is 4.90 Å². The minimum atomic E-state index is -3.80. The van der Waals surface area contributed by atoms with Crippen LogP contribution in [0.3, 0.4) is 0 Å². The smallest absolute Gasteiger partial charge is 0.237 e. The molecule has 0 atom stereocenters. The van der Waals surface area contributed by atoms with Gasteiger partial charge in [-0.1, -0.05) is 12.1 Å². The minimum absolute atomic E-state index is 0.00744. The predicted molar refractivity (Wildman–Crippen MR) is 97.9 cm³/mol. The van der Waals surface area contributed by atoms with E-state index in [1.165, 1.54) is 41.3 Å². The van der Waals surface area contributed by atoms with E-state index in [9.17, 15) is 16.8 Å². The molecule has 2 heterocycles. The molecule has 11 heteroatoms. The highest BCUT2D eigenvalue weighted by molar-refractivity contribution is 7.89. The van der Waals surface area contributed by atoms with Gasteiger partial charge in [0.2, 0.25) is 20.0 Å². The second-order valence-corrected chi connectivity index (χ2v) is 9.15. The molecule has 0 aliphatic heterocycles. The van der Waals surface area contributed by atoms with Crippen molar-refractivity contribution in [2.75, 3.05) is 0 Å². The van der Waals surface area contributed by atoms with Crippen molar-refractivity contribution < 1.29 is 16.8 Å². The minimum Gasteiger partial charge on any atom is -0.237 e. The molecule has 0 saturated carbocycles. The molecule has 0 saturated heterocycles. The van der Waals surface area contributed by atoms with Crippen molar-refractivity contribution in [3.63, 3.8) is 0 Å². The normalized spacial score (nSPS) is 12.2. The quantitative estimate of drug-likeness (QED) is 0.617. The lowest BCUT2D eigenvalue weighted by atomic mass is 10.2. The molecular formula is C16H17N5O4S2. The van der Waals surface area contributed by atoms with Crippen molar-refractivity contribution in [3.05, 3.63) is 66.1 Å². The molecule has 0 spiro atoms. The van der Waals surface area contributed by atoms with Crippen molar-refractivity contribution in [1.82, 2.24) is 19.5 Å². The number of benzene rings is 1. The fourth-order valence-electron chi connectivity index (χ4n) is 2.27. The molecule has 0 amide bonds. The van der Waals surface area contributed by atoms with Crippen LogP contribution in [-0.4, -0.2) is 31.6 Å². The number of nitrogens with zero attached hydrogens (tertiary/aromatic N) is 3. The van der Waals surface area contributed by atoms with Crippen LogP contribution in [0.15, 0.2) is 64.8 Å². The van der Waals surface area contributed by atoms with Gasteiger partial charge >= 0.3 is 0 Å². The van der Waals surface area contributed by atoms with Crippen LogP contribution in [0, 0.1) is 6.92 Å². The third-order valence-corrected chi connectivity index (χ3v) is 6.01. The highest BCUT2D eigenvalue weighted by Crippen LogP contribution is 2.13. The van der Waals surface area contributed by atoms with Gasteiger partial charge in [-0.2, -0.15) is 5.10 Å². The molecule has 0 aliphatic carbocycles. The van der Waals surface area contributed by atoms with Crippen LogP contribution in [0.4, 0.5) is 0 Å². The summed E-state index contributed by atoms with van der Waals surface area (Å²) in [5.74, 6) is 0.509. The Kier molecular flexibility index (Phi) is 5.11. The summed E-state index contributed by atoms with van der Waals surface area (Å²) in [7, 11) is -7.59.